The van der Waals surface area contributed by atoms with Crippen LogP contribution in [0.25, 0.3) is 0 Å². The van der Waals surface area contributed by atoms with Crippen molar-refractivity contribution in [3.8, 4) is 0 Å². The summed E-state index contributed by atoms with van der Waals surface area (Å²) in [5.41, 5.74) is 6.56. The number of rotatable bonds is 4. The van der Waals surface area contributed by atoms with Gasteiger partial charge in [0, 0.05) is 11.9 Å². The molecule has 3 N–H and O–H groups in total. The minimum atomic E-state index is -3.33. The highest BCUT2D eigenvalue weighted by atomic mass is 32.2. The molecule has 0 saturated carbocycles. The Labute approximate surface area is 121 Å². The minimum absolute atomic E-state index is 0.0628. The van der Waals surface area contributed by atoms with Gasteiger partial charge >= 0.3 is 0 Å². The van der Waals surface area contributed by atoms with Gasteiger partial charge in [0.1, 0.15) is 12.9 Å². The van der Waals surface area contributed by atoms with Crippen LogP contribution in [0.2, 0.25) is 0 Å². The number of carbonyl (C=O) groups excluding carboxylic acids is 1. The summed E-state index contributed by atoms with van der Waals surface area (Å²) >= 11 is 0. The van der Waals surface area contributed by atoms with E-state index in [1.807, 2.05) is 0 Å². The normalized spacial score (nSPS) is 11.3. The van der Waals surface area contributed by atoms with Crippen molar-refractivity contribution >= 4 is 27.4 Å². The van der Waals surface area contributed by atoms with Crippen molar-refractivity contribution in [1.29, 1.82) is 0 Å². The minimum Gasteiger partial charge on any atom is -0.367 e. The summed E-state index contributed by atoms with van der Waals surface area (Å²) in [6.45, 7) is 1.71. The molecule has 112 valence electrons. The summed E-state index contributed by atoms with van der Waals surface area (Å²) in [5.74, 6) is -0.272. The number of nitrogens with two attached hydrogens (primary N) is 1. The van der Waals surface area contributed by atoms with Crippen molar-refractivity contribution in [3.63, 3.8) is 0 Å². The van der Waals surface area contributed by atoms with E-state index in [2.05, 4.69) is 15.4 Å². The average Bonchev–Trinajstić information content (AvgIpc) is 2.76. The second-order valence-corrected chi connectivity index (χ2v) is 6.61. The maximum absolute atomic E-state index is 11.9. The van der Waals surface area contributed by atoms with Crippen molar-refractivity contribution in [2.24, 2.45) is 0 Å². The Bertz CT molecular complexity index is 782. The number of hydrogen-bond acceptors (Lipinski definition) is 6. The molecule has 2 rings (SSSR count). The zero-order valence-corrected chi connectivity index (χ0v) is 12.4. The Morgan fingerprint density at radius 2 is 2.14 bits per heavy atom. The Balaban J connectivity index is 2.17. The van der Waals surface area contributed by atoms with Crippen LogP contribution in [0, 0.1) is 6.92 Å². The van der Waals surface area contributed by atoms with Gasteiger partial charge in [-0.1, -0.05) is 6.07 Å². The first-order valence-electron chi connectivity index (χ1n) is 6.01. The summed E-state index contributed by atoms with van der Waals surface area (Å²) in [4.78, 5) is 15.8. The van der Waals surface area contributed by atoms with Crippen LogP contribution in [0.3, 0.4) is 0 Å². The Morgan fingerprint density at radius 3 is 2.71 bits per heavy atom. The molecule has 0 bridgehead atoms. The maximum atomic E-state index is 11.9. The fourth-order valence-electron chi connectivity index (χ4n) is 1.69. The molecule has 1 aromatic carbocycles. The Hall–Kier alpha value is -2.42. The summed E-state index contributed by atoms with van der Waals surface area (Å²) in [7, 11) is -3.33. The van der Waals surface area contributed by atoms with Gasteiger partial charge in [-0.25, -0.2) is 18.1 Å². The highest BCUT2D eigenvalue weighted by molar-refractivity contribution is 7.90. The topological polar surface area (TPSA) is 120 Å². The molecular formula is C12H15N5O3S. The van der Waals surface area contributed by atoms with E-state index in [-0.39, 0.29) is 23.3 Å². The van der Waals surface area contributed by atoms with Gasteiger partial charge in [-0.2, -0.15) is 0 Å². The molecule has 0 unspecified atom stereocenters. The highest BCUT2D eigenvalue weighted by Crippen LogP contribution is 2.20. The van der Waals surface area contributed by atoms with E-state index in [9.17, 15) is 13.2 Å². The number of hydrogen-bond donors (Lipinski definition) is 2. The average molecular weight is 309 g/mol. The lowest BCUT2D eigenvalue weighted by Crippen LogP contribution is -2.20. The van der Waals surface area contributed by atoms with Crippen molar-refractivity contribution < 1.29 is 13.2 Å². The molecule has 2 aromatic rings. The summed E-state index contributed by atoms with van der Waals surface area (Å²) in [6, 6.07) is 4.57. The third-order valence-corrected chi connectivity index (χ3v) is 3.88. The molecule has 21 heavy (non-hydrogen) atoms. The number of aromatic nitrogens is 3. The SMILES string of the molecule is Cc1ccc(S(C)(=O)=O)cc1NC(=O)Cn1cnc(N)n1. The number of nitrogens with one attached hydrogen (secondary N) is 1. The second kappa shape index (κ2) is 5.52. The third kappa shape index (κ3) is 3.78. The molecule has 0 saturated heterocycles. The van der Waals surface area contributed by atoms with E-state index in [1.54, 1.807) is 13.0 Å². The Morgan fingerprint density at radius 1 is 1.43 bits per heavy atom. The van der Waals surface area contributed by atoms with Gasteiger partial charge in [0.05, 0.1) is 4.90 Å². The first-order chi connectivity index (χ1) is 9.75. The first-order valence-corrected chi connectivity index (χ1v) is 7.90. The van der Waals surface area contributed by atoms with E-state index in [0.717, 1.165) is 11.8 Å². The summed E-state index contributed by atoms with van der Waals surface area (Å²) < 4.78 is 24.3. The van der Waals surface area contributed by atoms with E-state index >= 15 is 0 Å². The van der Waals surface area contributed by atoms with Gasteiger partial charge in [-0.15, -0.1) is 5.10 Å². The summed E-state index contributed by atoms with van der Waals surface area (Å²) in [6.07, 6.45) is 2.45. The van der Waals surface area contributed by atoms with E-state index in [0.29, 0.717) is 5.69 Å². The largest absolute Gasteiger partial charge is 0.367 e. The van der Waals surface area contributed by atoms with Crippen molar-refractivity contribution in [2.45, 2.75) is 18.4 Å². The fourth-order valence-corrected chi connectivity index (χ4v) is 2.34. The smallest absolute Gasteiger partial charge is 0.246 e. The van der Waals surface area contributed by atoms with E-state index in [4.69, 9.17) is 5.73 Å². The molecule has 1 amide bonds. The number of benzene rings is 1. The van der Waals surface area contributed by atoms with Crippen LogP contribution >= 0.6 is 0 Å². The Kier molecular flexibility index (Phi) is 3.94. The molecule has 0 fully saturated rings. The first kappa shape index (κ1) is 15.0. The molecule has 0 aliphatic rings. The maximum Gasteiger partial charge on any atom is 0.246 e. The van der Waals surface area contributed by atoms with Gasteiger partial charge in [0.2, 0.25) is 11.9 Å². The number of nitrogen functional groups attached to an aromatic ring is 1. The van der Waals surface area contributed by atoms with E-state index in [1.165, 1.54) is 23.1 Å². The lowest BCUT2D eigenvalue weighted by molar-refractivity contribution is -0.116. The lowest BCUT2D eigenvalue weighted by Gasteiger charge is -2.10. The van der Waals surface area contributed by atoms with Crippen molar-refractivity contribution in [3.05, 3.63) is 30.1 Å². The molecule has 0 aliphatic carbocycles. The molecule has 9 heteroatoms. The monoisotopic (exact) mass is 309 g/mol. The molecule has 1 heterocycles. The molecule has 0 aliphatic heterocycles. The number of aryl methyl sites for hydroxylation is 1. The number of carbonyl (C=O) groups is 1. The van der Waals surface area contributed by atoms with Gasteiger partial charge in [-0.05, 0) is 24.6 Å². The van der Waals surface area contributed by atoms with Crippen LogP contribution in [0.4, 0.5) is 11.6 Å². The van der Waals surface area contributed by atoms with Crippen LogP contribution in [-0.2, 0) is 21.2 Å². The second-order valence-electron chi connectivity index (χ2n) is 4.60. The zero-order chi connectivity index (χ0) is 15.6. The van der Waals surface area contributed by atoms with Crippen LogP contribution in [0.5, 0.6) is 0 Å². The molecule has 0 atom stereocenters. The van der Waals surface area contributed by atoms with Gasteiger partial charge in [0.15, 0.2) is 9.84 Å². The molecule has 1 aromatic heterocycles. The van der Waals surface area contributed by atoms with E-state index < -0.39 is 9.84 Å². The van der Waals surface area contributed by atoms with Crippen molar-refractivity contribution in [2.75, 3.05) is 17.3 Å². The number of anilines is 2. The fraction of sp³-hybridized carbons (Fsp3) is 0.250. The third-order valence-electron chi connectivity index (χ3n) is 2.77. The van der Waals surface area contributed by atoms with Crippen LogP contribution in [-0.4, -0.2) is 35.3 Å². The molecular weight excluding hydrogens is 294 g/mol. The van der Waals surface area contributed by atoms with Gasteiger partial charge in [-0.3, -0.25) is 4.79 Å². The van der Waals surface area contributed by atoms with Gasteiger partial charge in [0.25, 0.3) is 0 Å². The predicted octanol–water partition coefficient (Wildman–Crippen LogP) is 0.211. The molecule has 0 radical (unpaired) electrons. The summed E-state index contributed by atoms with van der Waals surface area (Å²) in [5, 5.41) is 6.45. The molecule has 8 nitrogen and oxygen atoms in total. The zero-order valence-electron chi connectivity index (χ0n) is 11.6. The number of sulfone groups is 1. The lowest BCUT2D eigenvalue weighted by atomic mass is 10.2. The van der Waals surface area contributed by atoms with Crippen molar-refractivity contribution in [1.82, 2.24) is 14.8 Å². The van der Waals surface area contributed by atoms with Crippen LogP contribution in [0.15, 0.2) is 29.4 Å². The quantitative estimate of drug-likeness (QED) is 0.833. The molecule has 0 spiro atoms. The standard InChI is InChI=1S/C12H15N5O3S/c1-8-3-4-9(21(2,19)20)5-10(8)15-11(18)6-17-7-14-12(13)16-17/h3-5,7H,6H2,1-2H3,(H2,13,16)(H,15,18). The van der Waals surface area contributed by atoms with Gasteiger partial charge < -0.3 is 11.1 Å². The van der Waals surface area contributed by atoms with Crippen LogP contribution < -0.4 is 11.1 Å². The number of nitrogens with zero attached hydrogens (tertiary/aromatic N) is 3. The predicted molar refractivity (Wildman–Crippen MR) is 77.4 cm³/mol. The van der Waals surface area contributed by atoms with Crippen LogP contribution in [0.1, 0.15) is 5.56 Å². The number of amides is 1. The highest BCUT2D eigenvalue weighted by Gasteiger charge is 2.12.